The van der Waals surface area contributed by atoms with Gasteiger partial charge in [-0.3, -0.25) is 0 Å². The molecule has 2 rings (SSSR count). The Labute approximate surface area is 85.9 Å². The first-order valence-electron chi connectivity index (χ1n) is 3.66. The first kappa shape index (κ1) is 9.14. The van der Waals surface area contributed by atoms with E-state index < -0.39 is 11.8 Å². The van der Waals surface area contributed by atoms with Crippen LogP contribution in [0.5, 0.6) is 0 Å². The summed E-state index contributed by atoms with van der Waals surface area (Å²) in [6, 6.07) is 2.71. The molecule has 0 bridgehead atoms. The van der Waals surface area contributed by atoms with E-state index in [0.29, 0.717) is 9.99 Å². The second kappa shape index (κ2) is 3.06. The molecule has 0 saturated heterocycles. The standard InChI is InChI=1S/C8H4BrFN2O2/c9-3-1-2-4(10)6-5(3)11-7(12-6)8(13)14/h1-2H,(H,11,12)(H,13,14). The first-order chi connectivity index (χ1) is 6.59. The highest BCUT2D eigenvalue weighted by Crippen LogP contribution is 2.24. The largest absolute Gasteiger partial charge is 0.475 e. The Balaban J connectivity index is 2.82. The summed E-state index contributed by atoms with van der Waals surface area (Å²) >= 11 is 3.16. The average Bonchev–Trinajstić information content (AvgIpc) is 2.57. The number of carbonyl (C=O) groups is 1. The number of nitrogens with one attached hydrogen (secondary N) is 1. The first-order valence-corrected chi connectivity index (χ1v) is 4.46. The van der Waals surface area contributed by atoms with Crippen molar-refractivity contribution in [1.82, 2.24) is 9.97 Å². The Bertz CT molecular complexity index is 484. The van der Waals surface area contributed by atoms with Crippen LogP contribution in [0, 0.1) is 5.82 Å². The highest BCUT2D eigenvalue weighted by Gasteiger charge is 2.14. The third-order valence-electron chi connectivity index (χ3n) is 1.75. The van der Waals surface area contributed by atoms with Crippen LogP contribution >= 0.6 is 15.9 Å². The van der Waals surface area contributed by atoms with E-state index in [1.807, 2.05) is 0 Å². The summed E-state index contributed by atoms with van der Waals surface area (Å²) < 4.78 is 13.7. The van der Waals surface area contributed by atoms with E-state index >= 15 is 0 Å². The van der Waals surface area contributed by atoms with Gasteiger partial charge in [0.1, 0.15) is 5.52 Å². The van der Waals surface area contributed by atoms with Crippen LogP contribution in [0.3, 0.4) is 0 Å². The van der Waals surface area contributed by atoms with E-state index in [1.54, 1.807) is 0 Å². The molecule has 6 heteroatoms. The van der Waals surface area contributed by atoms with Gasteiger partial charge in [0, 0.05) is 4.47 Å². The molecule has 4 nitrogen and oxygen atoms in total. The number of rotatable bonds is 1. The minimum atomic E-state index is -1.22. The van der Waals surface area contributed by atoms with Crippen LogP contribution in [0.15, 0.2) is 16.6 Å². The molecule has 2 aromatic rings. The number of fused-ring (bicyclic) bond motifs is 1. The number of aromatic carboxylic acids is 1. The van der Waals surface area contributed by atoms with Gasteiger partial charge in [-0.05, 0) is 28.1 Å². The molecule has 0 radical (unpaired) electrons. The molecule has 0 amide bonds. The van der Waals surface area contributed by atoms with Gasteiger partial charge in [-0.2, -0.15) is 0 Å². The Morgan fingerprint density at radius 1 is 1.57 bits per heavy atom. The van der Waals surface area contributed by atoms with Crippen LogP contribution in [0.1, 0.15) is 10.6 Å². The lowest BCUT2D eigenvalue weighted by atomic mass is 10.3. The van der Waals surface area contributed by atoms with Crippen molar-refractivity contribution >= 4 is 32.9 Å². The second-order valence-corrected chi connectivity index (χ2v) is 3.50. The van der Waals surface area contributed by atoms with Crippen molar-refractivity contribution in [2.75, 3.05) is 0 Å². The molecular formula is C8H4BrFN2O2. The maximum absolute atomic E-state index is 13.1. The van der Waals surface area contributed by atoms with Crippen molar-refractivity contribution in [3.8, 4) is 0 Å². The van der Waals surface area contributed by atoms with E-state index in [1.165, 1.54) is 12.1 Å². The Morgan fingerprint density at radius 2 is 2.29 bits per heavy atom. The highest BCUT2D eigenvalue weighted by molar-refractivity contribution is 9.10. The molecule has 1 heterocycles. The monoisotopic (exact) mass is 258 g/mol. The lowest BCUT2D eigenvalue weighted by Gasteiger charge is -1.92. The van der Waals surface area contributed by atoms with Gasteiger partial charge in [0.25, 0.3) is 0 Å². The van der Waals surface area contributed by atoms with E-state index in [4.69, 9.17) is 5.11 Å². The zero-order chi connectivity index (χ0) is 10.3. The molecule has 72 valence electrons. The van der Waals surface area contributed by atoms with Crippen molar-refractivity contribution in [1.29, 1.82) is 0 Å². The van der Waals surface area contributed by atoms with Gasteiger partial charge in [-0.15, -0.1) is 0 Å². The molecule has 14 heavy (non-hydrogen) atoms. The fraction of sp³-hybridized carbons (Fsp3) is 0. The molecule has 1 aromatic heterocycles. The van der Waals surface area contributed by atoms with Crippen molar-refractivity contribution in [3.63, 3.8) is 0 Å². The minimum Gasteiger partial charge on any atom is -0.475 e. The zero-order valence-corrected chi connectivity index (χ0v) is 8.30. The van der Waals surface area contributed by atoms with Gasteiger partial charge in [0.15, 0.2) is 5.82 Å². The van der Waals surface area contributed by atoms with Crippen LogP contribution < -0.4 is 0 Å². The van der Waals surface area contributed by atoms with Gasteiger partial charge in [-0.25, -0.2) is 14.2 Å². The van der Waals surface area contributed by atoms with E-state index in [0.717, 1.165) is 0 Å². The molecule has 1 aromatic carbocycles. The smallest absolute Gasteiger partial charge is 0.371 e. The number of imidazole rings is 1. The number of benzene rings is 1. The van der Waals surface area contributed by atoms with Crippen molar-refractivity contribution < 1.29 is 14.3 Å². The normalized spacial score (nSPS) is 10.7. The molecule has 0 aliphatic carbocycles. The van der Waals surface area contributed by atoms with Crippen molar-refractivity contribution in [2.45, 2.75) is 0 Å². The predicted octanol–water partition coefficient (Wildman–Crippen LogP) is 2.16. The molecular weight excluding hydrogens is 255 g/mol. The fourth-order valence-corrected chi connectivity index (χ4v) is 1.55. The molecule has 0 spiro atoms. The average molecular weight is 259 g/mol. The van der Waals surface area contributed by atoms with Crippen LogP contribution in [0.4, 0.5) is 4.39 Å². The summed E-state index contributed by atoms with van der Waals surface area (Å²) in [6.45, 7) is 0. The van der Waals surface area contributed by atoms with Crippen LogP contribution in [-0.4, -0.2) is 21.0 Å². The highest BCUT2D eigenvalue weighted by atomic mass is 79.9. The Kier molecular flexibility index (Phi) is 1.99. The summed E-state index contributed by atoms with van der Waals surface area (Å²) in [5.74, 6) is -2.04. The maximum Gasteiger partial charge on any atom is 0.371 e. The minimum absolute atomic E-state index is 0.0248. The quantitative estimate of drug-likeness (QED) is 0.824. The summed E-state index contributed by atoms with van der Waals surface area (Å²) in [5.41, 5.74) is 0.374. The molecule has 2 N–H and O–H groups in total. The topological polar surface area (TPSA) is 66.0 Å². The summed E-state index contributed by atoms with van der Waals surface area (Å²) in [5, 5.41) is 8.64. The molecule has 0 atom stereocenters. The third kappa shape index (κ3) is 1.27. The number of hydrogen-bond acceptors (Lipinski definition) is 2. The number of aromatic amines is 1. The van der Waals surface area contributed by atoms with Gasteiger partial charge < -0.3 is 10.1 Å². The Hall–Kier alpha value is -1.43. The van der Waals surface area contributed by atoms with Crippen LogP contribution in [-0.2, 0) is 0 Å². The van der Waals surface area contributed by atoms with Gasteiger partial charge in [-0.1, -0.05) is 0 Å². The van der Waals surface area contributed by atoms with Gasteiger partial charge in [0.05, 0.1) is 5.52 Å². The number of carboxylic acid groups (broad SMARTS) is 1. The van der Waals surface area contributed by atoms with E-state index in [-0.39, 0.29) is 11.3 Å². The SMILES string of the molecule is O=C(O)c1nc2c(F)ccc(Br)c2[nH]1. The van der Waals surface area contributed by atoms with E-state index in [2.05, 4.69) is 25.9 Å². The predicted molar refractivity (Wildman–Crippen MR) is 50.7 cm³/mol. The number of halogens is 2. The lowest BCUT2D eigenvalue weighted by Crippen LogP contribution is -1.97. The summed E-state index contributed by atoms with van der Waals surface area (Å²) in [7, 11) is 0. The molecule has 0 aliphatic rings. The van der Waals surface area contributed by atoms with E-state index in [9.17, 15) is 9.18 Å². The molecule has 0 saturated carbocycles. The number of nitrogens with zero attached hydrogens (tertiary/aromatic N) is 1. The second-order valence-electron chi connectivity index (χ2n) is 2.64. The molecule has 0 fully saturated rings. The number of hydrogen-bond donors (Lipinski definition) is 2. The van der Waals surface area contributed by atoms with Crippen molar-refractivity contribution in [2.24, 2.45) is 0 Å². The van der Waals surface area contributed by atoms with Crippen LogP contribution in [0.2, 0.25) is 0 Å². The zero-order valence-electron chi connectivity index (χ0n) is 6.71. The van der Waals surface area contributed by atoms with Crippen LogP contribution in [0.25, 0.3) is 11.0 Å². The number of carboxylic acids is 1. The van der Waals surface area contributed by atoms with Gasteiger partial charge in [0.2, 0.25) is 5.82 Å². The summed E-state index contributed by atoms with van der Waals surface area (Å²) in [6.07, 6.45) is 0. The van der Waals surface area contributed by atoms with Crippen molar-refractivity contribution in [3.05, 3.63) is 28.2 Å². The van der Waals surface area contributed by atoms with Gasteiger partial charge >= 0.3 is 5.97 Å². The maximum atomic E-state index is 13.1. The number of aromatic nitrogens is 2. The molecule has 0 aliphatic heterocycles. The third-order valence-corrected chi connectivity index (χ3v) is 2.41. The Morgan fingerprint density at radius 3 is 2.86 bits per heavy atom. The fourth-order valence-electron chi connectivity index (χ4n) is 1.13. The summed E-state index contributed by atoms with van der Waals surface area (Å²) in [4.78, 5) is 16.7. The lowest BCUT2D eigenvalue weighted by molar-refractivity contribution is 0.0685. The number of H-pyrrole nitrogens is 1. The molecule has 0 unspecified atom stereocenters.